The summed E-state index contributed by atoms with van der Waals surface area (Å²) in [6, 6.07) is 8.73. The smallest absolute Gasteiger partial charge is 0.0530 e. The Morgan fingerprint density at radius 2 is 2.16 bits per heavy atom. The van der Waals surface area contributed by atoms with Crippen LogP contribution in [0.25, 0.3) is 0 Å². The number of hydrogen-bond donors (Lipinski definition) is 1. The minimum Gasteiger partial charge on any atom is -0.313 e. The molecule has 0 saturated heterocycles. The van der Waals surface area contributed by atoms with E-state index in [-0.39, 0.29) is 0 Å². The monoisotopic (exact) mass is 275 g/mol. The molecule has 0 amide bonds. The average molecular weight is 275 g/mol. The van der Waals surface area contributed by atoms with E-state index in [2.05, 4.69) is 54.7 Å². The normalized spacial score (nSPS) is 10.8. The molecule has 0 radical (unpaired) electrons. The molecule has 0 fully saturated rings. The summed E-state index contributed by atoms with van der Waals surface area (Å²) in [6.07, 6.45) is 4.08. The van der Waals surface area contributed by atoms with Crippen molar-refractivity contribution in [1.82, 2.24) is 15.1 Å². The third-order valence-corrected chi connectivity index (χ3v) is 3.96. The van der Waals surface area contributed by atoms with E-state index in [0.29, 0.717) is 0 Å². The van der Waals surface area contributed by atoms with Gasteiger partial charge in [0.15, 0.2) is 0 Å². The zero-order chi connectivity index (χ0) is 13.5. The second-order valence-corrected chi connectivity index (χ2v) is 5.47. The van der Waals surface area contributed by atoms with Crippen LogP contribution in [-0.2, 0) is 18.8 Å². The number of nitrogens with zero attached hydrogens (tertiary/aromatic N) is 2. The summed E-state index contributed by atoms with van der Waals surface area (Å²) in [5, 5.41) is 7.65. The first-order chi connectivity index (χ1) is 9.31. The van der Waals surface area contributed by atoms with Gasteiger partial charge in [-0.1, -0.05) is 19.1 Å². The number of thioether (sulfide) groups is 1. The molecule has 1 heterocycles. The lowest BCUT2D eigenvalue weighted by atomic mass is 10.2. The first kappa shape index (κ1) is 14.2. The topological polar surface area (TPSA) is 29.9 Å². The Labute approximate surface area is 119 Å². The van der Waals surface area contributed by atoms with E-state index in [0.717, 1.165) is 25.4 Å². The lowest BCUT2D eigenvalue weighted by Crippen LogP contribution is -2.11. The van der Waals surface area contributed by atoms with Crippen LogP contribution in [0, 0.1) is 0 Å². The van der Waals surface area contributed by atoms with Crippen molar-refractivity contribution in [3.63, 3.8) is 0 Å². The van der Waals surface area contributed by atoms with E-state index < -0.39 is 0 Å². The molecular formula is C15H21N3S. The molecule has 0 atom stereocenters. The van der Waals surface area contributed by atoms with Crippen molar-refractivity contribution < 1.29 is 0 Å². The van der Waals surface area contributed by atoms with Gasteiger partial charge >= 0.3 is 0 Å². The van der Waals surface area contributed by atoms with Crippen LogP contribution in [0.15, 0.2) is 41.6 Å². The Hall–Kier alpha value is -1.26. The lowest BCUT2D eigenvalue weighted by molar-refractivity contribution is 0.659. The molecular weight excluding hydrogens is 254 g/mol. The molecule has 0 aliphatic rings. The summed E-state index contributed by atoms with van der Waals surface area (Å²) >= 11 is 1.86. The van der Waals surface area contributed by atoms with E-state index in [1.165, 1.54) is 16.0 Å². The number of rotatable bonds is 7. The van der Waals surface area contributed by atoms with Gasteiger partial charge in [-0.25, -0.2) is 0 Å². The Balaban J connectivity index is 1.91. The van der Waals surface area contributed by atoms with Crippen molar-refractivity contribution in [2.75, 3.05) is 6.54 Å². The Kier molecular flexibility index (Phi) is 5.48. The molecule has 2 aromatic rings. The van der Waals surface area contributed by atoms with Crippen LogP contribution in [0.4, 0.5) is 0 Å². The molecule has 2 rings (SSSR count). The van der Waals surface area contributed by atoms with E-state index in [4.69, 9.17) is 0 Å². The highest BCUT2D eigenvalue weighted by molar-refractivity contribution is 7.98. The first-order valence-electron chi connectivity index (χ1n) is 6.75. The van der Waals surface area contributed by atoms with Crippen LogP contribution in [0.1, 0.15) is 25.0 Å². The SMILES string of the molecule is CCNCc1cccc(SCc2cnn(CC)c2)c1. The zero-order valence-corrected chi connectivity index (χ0v) is 12.4. The Morgan fingerprint density at radius 1 is 1.26 bits per heavy atom. The molecule has 1 N–H and O–H groups in total. The van der Waals surface area contributed by atoms with Crippen molar-refractivity contribution in [3.05, 3.63) is 47.8 Å². The summed E-state index contributed by atoms with van der Waals surface area (Å²) in [4.78, 5) is 1.32. The van der Waals surface area contributed by atoms with E-state index in [1.54, 1.807) is 0 Å². The van der Waals surface area contributed by atoms with Gasteiger partial charge in [0.05, 0.1) is 6.20 Å². The first-order valence-corrected chi connectivity index (χ1v) is 7.74. The van der Waals surface area contributed by atoms with Gasteiger partial charge in [0.25, 0.3) is 0 Å². The molecule has 1 aromatic heterocycles. The average Bonchev–Trinajstić information content (AvgIpc) is 2.91. The number of nitrogens with one attached hydrogen (secondary N) is 1. The predicted octanol–water partition coefficient (Wildman–Crippen LogP) is 3.30. The van der Waals surface area contributed by atoms with Gasteiger partial charge in [0.2, 0.25) is 0 Å². The molecule has 0 aliphatic carbocycles. The Bertz CT molecular complexity index is 508. The van der Waals surface area contributed by atoms with Crippen molar-refractivity contribution in [2.45, 2.75) is 37.6 Å². The van der Waals surface area contributed by atoms with Crippen molar-refractivity contribution in [1.29, 1.82) is 0 Å². The second-order valence-electron chi connectivity index (χ2n) is 4.42. The van der Waals surface area contributed by atoms with Crippen molar-refractivity contribution in [2.24, 2.45) is 0 Å². The van der Waals surface area contributed by atoms with Crippen molar-refractivity contribution >= 4 is 11.8 Å². The minimum absolute atomic E-state index is 0.933. The van der Waals surface area contributed by atoms with Gasteiger partial charge in [-0.3, -0.25) is 4.68 Å². The van der Waals surface area contributed by atoms with Crippen LogP contribution < -0.4 is 5.32 Å². The molecule has 4 heteroatoms. The highest BCUT2D eigenvalue weighted by Gasteiger charge is 2.00. The van der Waals surface area contributed by atoms with Gasteiger partial charge in [-0.2, -0.15) is 5.10 Å². The number of aromatic nitrogens is 2. The largest absolute Gasteiger partial charge is 0.313 e. The summed E-state index contributed by atoms with van der Waals surface area (Å²) in [6.45, 7) is 7.12. The quantitative estimate of drug-likeness (QED) is 0.786. The molecule has 102 valence electrons. The maximum absolute atomic E-state index is 4.30. The van der Waals surface area contributed by atoms with Gasteiger partial charge in [-0.15, -0.1) is 11.8 Å². The molecule has 1 aromatic carbocycles. The van der Waals surface area contributed by atoms with Crippen LogP contribution in [0.5, 0.6) is 0 Å². The van der Waals surface area contributed by atoms with Gasteiger partial charge < -0.3 is 5.32 Å². The van der Waals surface area contributed by atoms with Crippen LogP contribution in [0.3, 0.4) is 0 Å². The highest BCUT2D eigenvalue weighted by Crippen LogP contribution is 2.23. The summed E-state index contributed by atoms with van der Waals surface area (Å²) in [5.74, 6) is 0.977. The number of benzene rings is 1. The zero-order valence-electron chi connectivity index (χ0n) is 11.6. The summed E-state index contributed by atoms with van der Waals surface area (Å²) < 4.78 is 1.97. The maximum Gasteiger partial charge on any atom is 0.0530 e. The standard InChI is InChI=1S/C15H21N3S/c1-3-16-9-13-6-5-7-15(8-13)19-12-14-10-17-18(4-2)11-14/h5-8,10-11,16H,3-4,9,12H2,1-2H3. The Morgan fingerprint density at radius 3 is 2.89 bits per heavy atom. The maximum atomic E-state index is 4.30. The molecule has 3 nitrogen and oxygen atoms in total. The van der Waals surface area contributed by atoms with Crippen LogP contribution in [-0.4, -0.2) is 16.3 Å². The second kappa shape index (κ2) is 7.36. The van der Waals surface area contributed by atoms with E-state index >= 15 is 0 Å². The van der Waals surface area contributed by atoms with E-state index in [1.807, 2.05) is 22.6 Å². The number of aryl methyl sites for hydroxylation is 1. The van der Waals surface area contributed by atoms with Gasteiger partial charge in [-0.05, 0) is 31.2 Å². The summed E-state index contributed by atoms with van der Waals surface area (Å²) in [5.41, 5.74) is 2.63. The molecule has 0 spiro atoms. The molecule has 0 bridgehead atoms. The molecule has 0 saturated carbocycles. The fraction of sp³-hybridized carbons (Fsp3) is 0.400. The van der Waals surface area contributed by atoms with Crippen LogP contribution >= 0.6 is 11.8 Å². The third-order valence-electron chi connectivity index (χ3n) is 2.89. The van der Waals surface area contributed by atoms with Gasteiger partial charge in [0.1, 0.15) is 0 Å². The fourth-order valence-electron chi connectivity index (χ4n) is 1.84. The van der Waals surface area contributed by atoms with E-state index in [9.17, 15) is 0 Å². The lowest BCUT2D eigenvalue weighted by Gasteiger charge is -2.05. The molecule has 19 heavy (non-hydrogen) atoms. The summed E-state index contributed by atoms with van der Waals surface area (Å²) in [7, 11) is 0. The highest BCUT2D eigenvalue weighted by atomic mass is 32.2. The predicted molar refractivity (Wildman–Crippen MR) is 81.3 cm³/mol. The molecule has 0 unspecified atom stereocenters. The van der Waals surface area contributed by atoms with Crippen molar-refractivity contribution in [3.8, 4) is 0 Å². The van der Waals surface area contributed by atoms with Crippen LogP contribution in [0.2, 0.25) is 0 Å². The minimum atomic E-state index is 0.933. The molecule has 0 aliphatic heterocycles. The number of hydrogen-bond acceptors (Lipinski definition) is 3. The third kappa shape index (κ3) is 4.40. The fourth-order valence-corrected chi connectivity index (χ4v) is 2.73. The van der Waals surface area contributed by atoms with Gasteiger partial charge in [0, 0.05) is 35.5 Å².